The molecule has 0 amide bonds. The monoisotopic (exact) mass is 219 g/mol. The van der Waals surface area contributed by atoms with Crippen LogP contribution in [0.4, 0.5) is 10.1 Å². The number of nitrogens with two attached hydrogens (primary N) is 1. The minimum atomic E-state index is -0.465. The minimum absolute atomic E-state index is 0.0924. The summed E-state index contributed by atoms with van der Waals surface area (Å²) in [4.78, 5) is 1.98. The fourth-order valence-corrected chi connectivity index (χ4v) is 2.08. The Morgan fingerprint density at radius 3 is 2.81 bits per heavy atom. The molecule has 0 bridgehead atoms. The summed E-state index contributed by atoms with van der Waals surface area (Å²) in [7, 11) is 0. The fraction of sp³-hybridized carbons (Fsp3) is 0.417. The van der Waals surface area contributed by atoms with Crippen LogP contribution in [0.25, 0.3) is 0 Å². The Morgan fingerprint density at radius 1 is 1.50 bits per heavy atom. The highest BCUT2D eigenvalue weighted by Crippen LogP contribution is 2.27. The molecule has 0 spiro atoms. The van der Waals surface area contributed by atoms with Crippen molar-refractivity contribution in [2.75, 3.05) is 18.0 Å². The van der Waals surface area contributed by atoms with E-state index < -0.39 is 5.82 Å². The van der Waals surface area contributed by atoms with Gasteiger partial charge in [-0.1, -0.05) is 13.0 Å². The van der Waals surface area contributed by atoms with E-state index in [1.165, 1.54) is 6.07 Å². The normalized spacial score (nSPS) is 24.5. The molecule has 1 aliphatic rings. The zero-order valence-electron chi connectivity index (χ0n) is 9.15. The smallest absolute Gasteiger partial charge is 0.143 e. The number of hydrogen-bond donors (Lipinski definition) is 1. The van der Waals surface area contributed by atoms with Crippen LogP contribution in [0.15, 0.2) is 18.2 Å². The first kappa shape index (κ1) is 10.9. The van der Waals surface area contributed by atoms with Gasteiger partial charge >= 0.3 is 0 Å². The predicted molar refractivity (Wildman–Crippen MR) is 60.5 cm³/mol. The zero-order valence-corrected chi connectivity index (χ0v) is 9.15. The Hall–Kier alpha value is -1.60. The molecule has 4 heteroatoms. The highest BCUT2D eigenvalue weighted by atomic mass is 19.1. The lowest BCUT2D eigenvalue weighted by molar-refractivity contribution is 0.566. The Balaban J connectivity index is 2.35. The third kappa shape index (κ3) is 1.74. The van der Waals surface area contributed by atoms with Gasteiger partial charge in [-0.2, -0.15) is 5.26 Å². The summed E-state index contributed by atoms with van der Waals surface area (Å²) in [5, 5.41) is 8.94. The molecule has 1 aliphatic heterocycles. The Morgan fingerprint density at radius 2 is 2.25 bits per heavy atom. The Kier molecular flexibility index (Phi) is 2.80. The number of benzene rings is 1. The summed E-state index contributed by atoms with van der Waals surface area (Å²) in [5.74, 6) is -0.0945. The van der Waals surface area contributed by atoms with E-state index in [4.69, 9.17) is 11.0 Å². The van der Waals surface area contributed by atoms with Gasteiger partial charge in [0.2, 0.25) is 0 Å². The van der Waals surface area contributed by atoms with E-state index in [2.05, 4.69) is 6.92 Å². The van der Waals surface area contributed by atoms with Crippen molar-refractivity contribution in [2.45, 2.75) is 13.0 Å². The van der Waals surface area contributed by atoms with Gasteiger partial charge in [0.15, 0.2) is 0 Å². The first-order valence-electron chi connectivity index (χ1n) is 5.32. The number of nitrogens with zero attached hydrogens (tertiary/aromatic N) is 2. The summed E-state index contributed by atoms with van der Waals surface area (Å²) < 4.78 is 13.4. The predicted octanol–water partition coefficient (Wildman–Crippen LogP) is 1.48. The van der Waals surface area contributed by atoms with Crippen LogP contribution in [0.1, 0.15) is 12.5 Å². The molecule has 2 rings (SSSR count). The molecule has 0 aliphatic carbocycles. The molecule has 1 aromatic carbocycles. The lowest BCUT2D eigenvalue weighted by Crippen LogP contribution is -2.28. The standard InChI is InChI=1S/C12H14FN3/c1-8-6-16(7-11(8)15)12-4-2-3-10(13)9(12)5-14/h2-4,8,11H,6-7,15H2,1H3. The molecule has 2 N–H and O–H groups in total. The first-order chi connectivity index (χ1) is 7.63. The van der Waals surface area contributed by atoms with Crippen LogP contribution in [0.5, 0.6) is 0 Å². The average Bonchev–Trinajstić information content (AvgIpc) is 2.59. The summed E-state index contributed by atoms with van der Waals surface area (Å²) in [5.41, 5.74) is 6.69. The molecule has 1 fully saturated rings. The van der Waals surface area contributed by atoms with Gasteiger partial charge in [-0.3, -0.25) is 0 Å². The molecule has 3 nitrogen and oxygen atoms in total. The SMILES string of the molecule is CC1CN(c2cccc(F)c2C#N)CC1N. The van der Waals surface area contributed by atoms with Crippen LogP contribution < -0.4 is 10.6 Å². The zero-order chi connectivity index (χ0) is 11.7. The summed E-state index contributed by atoms with van der Waals surface area (Å²) in [6.07, 6.45) is 0. The first-order valence-corrected chi connectivity index (χ1v) is 5.32. The van der Waals surface area contributed by atoms with Gasteiger partial charge in [-0.15, -0.1) is 0 Å². The lowest BCUT2D eigenvalue weighted by Gasteiger charge is -2.19. The highest BCUT2D eigenvalue weighted by molar-refractivity contribution is 5.60. The molecule has 0 aromatic heterocycles. The number of halogens is 1. The van der Waals surface area contributed by atoms with E-state index in [0.717, 1.165) is 6.54 Å². The van der Waals surface area contributed by atoms with Crippen LogP contribution in [0.2, 0.25) is 0 Å². The van der Waals surface area contributed by atoms with Crippen molar-refractivity contribution in [3.8, 4) is 6.07 Å². The third-order valence-corrected chi connectivity index (χ3v) is 3.11. The van der Waals surface area contributed by atoms with Crippen LogP contribution in [-0.4, -0.2) is 19.1 Å². The van der Waals surface area contributed by atoms with E-state index >= 15 is 0 Å². The van der Waals surface area contributed by atoms with Gasteiger partial charge in [0.25, 0.3) is 0 Å². The fourth-order valence-electron chi connectivity index (χ4n) is 2.08. The lowest BCUT2D eigenvalue weighted by atomic mass is 10.1. The maximum atomic E-state index is 13.4. The van der Waals surface area contributed by atoms with Crippen LogP contribution in [-0.2, 0) is 0 Å². The van der Waals surface area contributed by atoms with E-state index in [9.17, 15) is 4.39 Å². The Labute approximate surface area is 94.3 Å². The second-order valence-electron chi connectivity index (χ2n) is 4.29. The van der Waals surface area contributed by atoms with E-state index in [0.29, 0.717) is 18.2 Å². The van der Waals surface area contributed by atoms with Gasteiger partial charge in [-0.05, 0) is 18.1 Å². The van der Waals surface area contributed by atoms with Crippen molar-refractivity contribution in [2.24, 2.45) is 11.7 Å². The van der Waals surface area contributed by atoms with Crippen molar-refractivity contribution < 1.29 is 4.39 Å². The van der Waals surface area contributed by atoms with Crippen molar-refractivity contribution in [3.63, 3.8) is 0 Å². The molecule has 2 atom stereocenters. The van der Waals surface area contributed by atoms with Gasteiger partial charge < -0.3 is 10.6 Å². The Bertz CT molecular complexity index is 428. The molecule has 16 heavy (non-hydrogen) atoms. The molecule has 2 unspecified atom stereocenters. The van der Waals surface area contributed by atoms with Crippen molar-refractivity contribution in [1.29, 1.82) is 5.26 Å². The van der Waals surface area contributed by atoms with Crippen molar-refractivity contribution >= 4 is 5.69 Å². The quantitative estimate of drug-likeness (QED) is 0.778. The molecule has 1 heterocycles. The number of nitriles is 1. The molecular weight excluding hydrogens is 205 g/mol. The number of hydrogen-bond acceptors (Lipinski definition) is 3. The summed E-state index contributed by atoms with van der Waals surface area (Å²) in [6, 6.07) is 6.71. The van der Waals surface area contributed by atoms with Crippen LogP contribution in [0.3, 0.4) is 0 Å². The summed E-state index contributed by atoms with van der Waals surface area (Å²) in [6.45, 7) is 3.52. The topological polar surface area (TPSA) is 53.0 Å². The molecule has 1 aromatic rings. The van der Waals surface area contributed by atoms with Crippen LogP contribution >= 0.6 is 0 Å². The van der Waals surface area contributed by atoms with E-state index in [-0.39, 0.29) is 11.6 Å². The molecular formula is C12H14FN3. The molecule has 0 saturated carbocycles. The second kappa shape index (κ2) is 4.11. The number of anilines is 1. The minimum Gasteiger partial charge on any atom is -0.368 e. The van der Waals surface area contributed by atoms with Gasteiger partial charge in [0.1, 0.15) is 17.4 Å². The van der Waals surface area contributed by atoms with Crippen molar-refractivity contribution in [3.05, 3.63) is 29.6 Å². The molecule has 1 saturated heterocycles. The van der Waals surface area contributed by atoms with Gasteiger partial charge in [0, 0.05) is 19.1 Å². The maximum Gasteiger partial charge on any atom is 0.143 e. The van der Waals surface area contributed by atoms with Crippen molar-refractivity contribution in [1.82, 2.24) is 0 Å². The highest BCUT2D eigenvalue weighted by Gasteiger charge is 2.28. The van der Waals surface area contributed by atoms with E-state index in [1.807, 2.05) is 11.0 Å². The van der Waals surface area contributed by atoms with Crippen LogP contribution in [0, 0.1) is 23.1 Å². The maximum absolute atomic E-state index is 13.4. The van der Waals surface area contributed by atoms with E-state index in [1.54, 1.807) is 12.1 Å². The summed E-state index contributed by atoms with van der Waals surface area (Å²) >= 11 is 0. The molecule has 84 valence electrons. The largest absolute Gasteiger partial charge is 0.368 e. The third-order valence-electron chi connectivity index (χ3n) is 3.11. The van der Waals surface area contributed by atoms with Gasteiger partial charge in [0.05, 0.1) is 5.69 Å². The second-order valence-corrected chi connectivity index (χ2v) is 4.29. The average molecular weight is 219 g/mol. The van der Waals surface area contributed by atoms with Gasteiger partial charge in [-0.25, -0.2) is 4.39 Å². The molecule has 0 radical (unpaired) electrons. The number of rotatable bonds is 1.